The predicted molar refractivity (Wildman–Crippen MR) is 109 cm³/mol. The van der Waals surface area contributed by atoms with Crippen LogP contribution >= 0.6 is 0 Å². The molecule has 0 spiro atoms. The maximum Gasteiger partial charge on any atom is 0.328 e. The molecule has 0 aliphatic carbocycles. The number of hydrogen-bond acceptors (Lipinski definition) is 6. The number of esters is 1. The molecule has 3 atom stereocenters. The number of aromatic hydroxyl groups is 1. The van der Waals surface area contributed by atoms with Crippen molar-refractivity contribution < 1.29 is 24.2 Å². The van der Waals surface area contributed by atoms with Gasteiger partial charge in [0.25, 0.3) is 5.91 Å². The smallest absolute Gasteiger partial charge is 0.328 e. The zero-order chi connectivity index (χ0) is 21.7. The molecule has 7 heteroatoms. The van der Waals surface area contributed by atoms with Crippen LogP contribution in [0.15, 0.2) is 30.5 Å². The summed E-state index contributed by atoms with van der Waals surface area (Å²) in [5.74, 6) is -1.53. The summed E-state index contributed by atoms with van der Waals surface area (Å²) < 4.78 is 10.6. The summed E-state index contributed by atoms with van der Waals surface area (Å²) in [4.78, 5) is 28.7. The molecule has 2 unspecified atom stereocenters. The Morgan fingerprint density at radius 3 is 2.31 bits per heavy atom. The molecule has 2 rings (SSSR count). The van der Waals surface area contributed by atoms with E-state index < -0.39 is 17.9 Å². The molecule has 7 nitrogen and oxygen atoms in total. The first-order chi connectivity index (χ1) is 13.7. The number of aromatic nitrogens is 1. The van der Waals surface area contributed by atoms with E-state index in [1.807, 2.05) is 45.9 Å². The van der Waals surface area contributed by atoms with E-state index in [2.05, 4.69) is 10.3 Å². The van der Waals surface area contributed by atoms with Gasteiger partial charge < -0.3 is 19.9 Å². The molecular formula is C22H28N2O5. The van der Waals surface area contributed by atoms with Crippen LogP contribution in [0, 0.1) is 13.8 Å². The van der Waals surface area contributed by atoms with Crippen LogP contribution in [0.1, 0.15) is 53.9 Å². The number of rotatable bonds is 7. The SMILES string of the molecule is COc1ccnc(C(=O)N[C@@H](C)C(=O)OC(C)C(C)c2c(C)cccc2C)c1O. The summed E-state index contributed by atoms with van der Waals surface area (Å²) in [6, 6.07) is 6.58. The Morgan fingerprint density at radius 2 is 1.72 bits per heavy atom. The molecule has 0 saturated heterocycles. The number of amides is 1. The second kappa shape index (κ2) is 9.41. The maximum atomic E-state index is 12.5. The lowest BCUT2D eigenvalue weighted by Gasteiger charge is -2.25. The summed E-state index contributed by atoms with van der Waals surface area (Å²) in [5.41, 5.74) is 3.21. The number of carbonyl (C=O) groups excluding carboxylic acids is 2. The molecule has 1 aromatic carbocycles. The van der Waals surface area contributed by atoms with Crippen LogP contribution in [0.4, 0.5) is 0 Å². The molecular weight excluding hydrogens is 372 g/mol. The van der Waals surface area contributed by atoms with Crippen molar-refractivity contribution >= 4 is 11.9 Å². The summed E-state index contributed by atoms with van der Waals surface area (Å²) in [5, 5.41) is 12.5. The highest BCUT2D eigenvalue weighted by Crippen LogP contribution is 2.29. The molecule has 0 aliphatic rings. The lowest BCUT2D eigenvalue weighted by atomic mass is 9.89. The van der Waals surface area contributed by atoms with Gasteiger partial charge >= 0.3 is 5.97 Å². The van der Waals surface area contributed by atoms with Crippen LogP contribution in [0.3, 0.4) is 0 Å². The second-order valence-corrected chi connectivity index (χ2v) is 7.14. The fraction of sp³-hybridized carbons (Fsp3) is 0.409. The fourth-order valence-corrected chi connectivity index (χ4v) is 3.26. The average molecular weight is 400 g/mol. The van der Waals surface area contributed by atoms with E-state index in [-0.39, 0.29) is 29.2 Å². The molecule has 0 fully saturated rings. The number of carbonyl (C=O) groups is 2. The third-order valence-electron chi connectivity index (χ3n) is 5.03. The Balaban J connectivity index is 2.04. The second-order valence-electron chi connectivity index (χ2n) is 7.14. The zero-order valence-electron chi connectivity index (χ0n) is 17.6. The van der Waals surface area contributed by atoms with Crippen LogP contribution < -0.4 is 10.1 Å². The van der Waals surface area contributed by atoms with Crippen molar-refractivity contribution in [2.45, 2.75) is 52.7 Å². The quantitative estimate of drug-likeness (QED) is 0.693. The lowest BCUT2D eigenvalue weighted by molar-refractivity contribution is -0.151. The topological polar surface area (TPSA) is 97.8 Å². The first-order valence-electron chi connectivity index (χ1n) is 9.46. The fourth-order valence-electron chi connectivity index (χ4n) is 3.26. The molecule has 0 bridgehead atoms. The molecule has 1 heterocycles. The van der Waals surface area contributed by atoms with Gasteiger partial charge in [-0.15, -0.1) is 0 Å². The van der Waals surface area contributed by atoms with Gasteiger partial charge in [-0.3, -0.25) is 4.79 Å². The standard InChI is InChI=1S/C22H28N2O5/c1-12-8-7-9-13(2)18(12)14(3)16(5)29-22(27)15(4)24-21(26)19-20(25)17(28-6)10-11-23-19/h7-11,14-16,25H,1-6H3,(H,24,26)/t14?,15-,16?/m0/s1. The molecule has 2 N–H and O–H groups in total. The van der Waals surface area contributed by atoms with Crippen LogP contribution in [-0.4, -0.2) is 41.2 Å². The van der Waals surface area contributed by atoms with Crippen molar-refractivity contribution in [3.05, 3.63) is 52.8 Å². The highest BCUT2D eigenvalue weighted by atomic mass is 16.5. The Kier molecular flexibility index (Phi) is 7.20. The highest BCUT2D eigenvalue weighted by Gasteiger charge is 2.26. The molecule has 1 aromatic heterocycles. The Hall–Kier alpha value is -3.09. The summed E-state index contributed by atoms with van der Waals surface area (Å²) in [6.45, 7) is 9.43. The number of benzene rings is 1. The van der Waals surface area contributed by atoms with Crippen molar-refractivity contribution in [2.75, 3.05) is 7.11 Å². The number of pyridine rings is 1. The Morgan fingerprint density at radius 1 is 1.10 bits per heavy atom. The van der Waals surface area contributed by atoms with Crippen LogP contribution in [0.25, 0.3) is 0 Å². The van der Waals surface area contributed by atoms with Crippen LogP contribution in [-0.2, 0) is 9.53 Å². The maximum absolute atomic E-state index is 12.5. The summed E-state index contributed by atoms with van der Waals surface area (Å²) >= 11 is 0. The van der Waals surface area contributed by atoms with Crippen LogP contribution in [0.5, 0.6) is 11.5 Å². The minimum Gasteiger partial charge on any atom is -0.503 e. The largest absolute Gasteiger partial charge is 0.503 e. The molecule has 29 heavy (non-hydrogen) atoms. The molecule has 2 aromatic rings. The van der Waals surface area contributed by atoms with Crippen molar-refractivity contribution in [2.24, 2.45) is 0 Å². The van der Waals surface area contributed by atoms with Gasteiger partial charge in [-0.05, 0) is 44.4 Å². The number of aryl methyl sites for hydroxylation is 2. The van der Waals surface area contributed by atoms with E-state index in [4.69, 9.17) is 9.47 Å². The third kappa shape index (κ3) is 5.04. The van der Waals surface area contributed by atoms with Gasteiger partial charge in [-0.2, -0.15) is 0 Å². The lowest BCUT2D eigenvalue weighted by Crippen LogP contribution is -2.41. The first kappa shape index (κ1) is 22.2. The van der Waals surface area contributed by atoms with Crippen molar-refractivity contribution in [3.63, 3.8) is 0 Å². The number of hydrogen-bond donors (Lipinski definition) is 2. The molecule has 0 radical (unpaired) electrons. The highest BCUT2D eigenvalue weighted by molar-refractivity contribution is 5.97. The van der Waals surface area contributed by atoms with E-state index in [0.717, 1.165) is 16.7 Å². The van der Waals surface area contributed by atoms with Gasteiger partial charge in [0.2, 0.25) is 0 Å². The molecule has 0 aliphatic heterocycles. The summed E-state index contributed by atoms with van der Waals surface area (Å²) in [7, 11) is 1.37. The predicted octanol–water partition coefficient (Wildman–Crippen LogP) is 3.27. The van der Waals surface area contributed by atoms with E-state index in [1.165, 1.54) is 26.3 Å². The number of nitrogens with one attached hydrogen (secondary N) is 1. The normalized spacial score (nSPS) is 13.9. The van der Waals surface area contributed by atoms with Gasteiger partial charge in [0.1, 0.15) is 12.1 Å². The number of ether oxygens (including phenoxy) is 2. The third-order valence-corrected chi connectivity index (χ3v) is 5.03. The van der Waals surface area contributed by atoms with Gasteiger partial charge in [-0.1, -0.05) is 25.1 Å². The van der Waals surface area contributed by atoms with E-state index in [1.54, 1.807) is 0 Å². The van der Waals surface area contributed by atoms with E-state index in [9.17, 15) is 14.7 Å². The molecule has 1 amide bonds. The van der Waals surface area contributed by atoms with E-state index in [0.29, 0.717) is 0 Å². The van der Waals surface area contributed by atoms with Gasteiger partial charge in [0.15, 0.2) is 17.2 Å². The summed E-state index contributed by atoms with van der Waals surface area (Å²) in [6.07, 6.45) is 0.954. The average Bonchev–Trinajstić information content (AvgIpc) is 2.67. The van der Waals surface area contributed by atoms with Crippen molar-refractivity contribution in [1.29, 1.82) is 0 Å². The van der Waals surface area contributed by atoms with Crippen molar-refractivity contribution in [1.82, 2.24) is 10.3 Å². The number of methoxy groups -OCH3 is 1. The van der Waals surface area contributed by atoms with E-state index >= 15 is 0 Å². The van der Waals surface area contributed by atoms with Gasteiger partial charge in [-0.25, -0.2) is 9.78 Å². The Bertz CT molecular complexity index is 877. The molecule has 0 saturated carbocycles. The number of nitrogens with zero attached hydrogens (tertiary/aromatic N) is 1. The first-order valence-corrected chi connectivity index (χ1v) is 9.46. The van der Waals surface area contributed by atoms with Gasteiger partial charge in [0, 0.05) is 18.2 Å². The monoisotopic (exact) mass is 400 g/mol. The zero-order valence-corrected chi connectivity index (χ0v) is 17.6. The Labute approximate surface area is 171 Å². The van der Waals surface area contributed by atoms with Crippen LogP contribution in [0.2, 0.25) is 0 Å². The minimum absolute atomic E-state index is 0.00727. The van der Waals surface area contributed by atoms with Gasteiger partial charge in [0.05, 0.1) is 7.11 Å². The van der Waals surface area contributed by atoms with Crippen molar-refractivity contribution in [3.8, 4) is 11.5 Å². The minimum atomic E-state index is -0.914. The molecule has 156 valence electrons.